The van der Waals surface area contributed by atoms with E-state index in [9.17, 15) is 9.18 Å². The first kappa shape index (κ1) is 21.0. The summed E-state index contributed by atoms with van der Waals surface area (Å²) in [7, 11) is 0. The molecule has 6 heteroatoms. The molecule has 3 aromatic carbocycles. The number of ether oxygens (including phenoxy) is 1. The van der Waals surface area contributed by atoms with E-state index in [1.54, 1.807) is 18.2 Å². The third-order valence-corrected chi connectivity index (χ3v) is 5.35. The van der Waals surface area contributed by atoms with Crippen molar-refractivity contribution < 1.29 is 13.9 Å². The number of benzene rings is 3. The fourth-order valence-corrected chi connectivity index (χ4v) is 3.63. The van der Waals surface area contributed by atoms with Gasteiger partial charge in [0.2, 0.25) is 0 Å². The van der Waals surface area contributed by atoms with E-state index >= 15 is 0 Å². The Balaban J connectivity index is 1.43. The summed E-state index contributed by atoms with van der Waals surface area (Å²) in [5.74, 6) is -0.460. The van der Waals surface area contributed by atoms with Gasteiger partial charge in [0.1, 0.15) is 5.82 Å². The summed E-state index contributed by atoms with van der Waals surface area (Å²) < 4.78 is 18.6. The monoisotopic (exact) mass is 419 g/mol. The molecule has 1 aliphatic rings. The second-order valence-electron chi connectivity index (χ2n) is 7.52. The molecule has 3 aromatic rings. The highest BCUT2D eigenvalue weighted by atomic mass is 19.1. The molecule has 2 N–H and O–H groups in total. The molecule has 0 bridgehead atoms. The van der Waals surface area contributed by atoms with E-state index in [4.69, 9.17) is 4.74 Å². The van der Waals surface area contributed by atoms with Gasteiger partial charge in [0, 0.05) is 31.9 Å². The fourth-order valence-electron chi connectivity index (χ4n) is 3.63. The number of rotatable bonds is 7. The van der Waals surface area contributed by atoms with Gasteiger partial charge in [0.25, 0.3) is 5.91 Å². The van der Waals surface area contributed by atoms with Crippen LogP contribution in [0.15, 0.2) is 72.8 Å². The number of para-hydroxylation sites is 1. The number of carbonyl (C=O) groups is 1. The predicted molar refractivity (Wildman–Crippen MR) is 120 cm³/mol. The highest BCUT2D eigenvalue weighted by molar-refractivity contribution is 6.00. The van der Waals surface area contributed by atoms with Crippen molar-refractivity contribution in [3.8, 4) is 0 Å². The van der Waals surface area contributed by atoms with Crippen LogP contribution in [0.4, 0.5) is 15.8 Å². The summed E-state index contributed by atoms with van der Waals surface area (Å²) in [6.45, 7) is 4.65. The van der Waals surface area contributed by atoms with E-state index in [0.29, 0.717) is 17.8 Å². The van der Waals surface area contributed by atoms with E-state index in [1.165, 1.54) is 17.7 Å². The van der Waals surface area contributed by atoms with Crippen molar-refractivity contribution in [3.63, 3.8) is 0 Å². The smallest absolute Gasteiger partial charge is 0.253 e. The van der Waals surface area contributed by atoms with Gasteiger partial charge in [-0.2, -0.15) is 0 Å². The van der Waals surface area contributed by atoms with E-state index in [0.717, 1.165) is 44.1 Å². The molecular weight excluding hydrogens is 393 g/mol. The Morgan fingerprint density at radius 2 is 1.58 bits per heavy atom. The molecule has 0 atom stereocenters. The van der Waals surface area contributed by atoms with E-state index in [-0.39, 0.29) is 11.7 Å². The molecule has 4 rings (SSSR count). The quantitative estimate of drug-likeness (QED) is 0.599. The number of carbonyl (C=O) groups excluding carboxylic acids is 1. The van der Waals surface area contributed by atoms with Crippen molar-refractivity contribution in [1.82, 2.24) is 10.2 Å². The number of anilines is 2. The standard InChI is InChI=1S/C25H26FN3O2/c26-21-9-11-22(12-10-21)28-24-8-4-3-7-23(24)25(30)27-17-19-5-1-2-6-20(19)18-29-13-15-31-16-14-29/h1-12,28H,13-18H2,(H,27,30). The molecule has 0 saturated carbocycles. The highest BCUT2D eigenvalue weighted by Gasteiger charge is 2.15. The maximum atomic E-state index is 13.2. The Morgan fingerprint density at radius 1 is 0.903 bits per heavy atom. The maximum Gasteiger partial charge on any atom is 0.253 e. The van der Waals surface area contributed by atoms with Gasteiger partial charge in [-0.15, -0.1) is 0 Å². The van der Waals surface area contributed by atoms with Gasteiger partial charge in [0.15, 0.2) is 0 Å². The van der Waals surface area contributed by atoms with Crippen molar-refractivity contribution in [2.45, 2.75) is 13.1 Å². The average Bonchev–Trinajstić information content (AvgIpc) is 2.81. The third kappa shape index (κ3) is 5.69. The second kappa shape index (κ2) is 10.2. The zero-order valence-corrected chi connectivity index (χ0v) is 17.3. The van der Waals surface area contributed by atoms with Crippen LogP contribution >= 0.6 is 0 Å². The van der Waals surface area contributed by atoms with Crippen LogP contribution in [-0.2, 0) is 17.8 Å². The minimum Gasteiger partial charge on any atom is -0.379 e. The lowest BCUT2D eigenvalue weighted by Gasteiger charge is -2.27. The predicted octanol–water partition coefficient (Wildman–Crippen LogP) is 4.33. The Kier molecular flexibility index (Phi) is 6.92. The summed E-state index contributed by atoms with van der Waals surface area (Å²) in [5, 5.41) is 6.24. The molecule has 31 heavy (non-hydrogen) atoms. The topological polar surface area (TPSA) is 53.6 Å². The van der Waals surface area contributed by atoms with Crippen LogP contribution in [0.2, 0.25) is 0 Å². The Hall–Kier alpha value is -3.22. The lowest BCUT2D eigenvalue weighted by atomic mass is 10.1. The summed E-state index contributed by atoms with van der Waals surface area (Å²) in [6.07, 6.45) is 0. The van der Waals surface area contributed by atoms with Gasteiger partial charge in [-0.3, -0.25) is 9.69 Å². The minimum absolute atomic E-state index is 0.161. The van der Waals surface area contributed by atoms with Crippen molar-refractivity contribution in [2.24, 2.45) is 0 Å². The van der Waals surface area contributed by atoms with Crippen molar-refractivity contribution in [2.75, 3.05) is 31.6 Å². The first-order valence-corrected chi connectivity index (χ1v) is 10.5. The number of morpholine rings is 1. The summed E-state index contributed by atoms with van der Waals surface area (Å²) in [4.78, 5) is 15.3. The van der Waals surface area contributed by atoms with Crippen LogP contribution < -0.4 is 10.6 Å². The fraction of sp³-hybridized carbons (Fsp3) is 0.240. The minimum atomic E-state index is -0.299. The van der Waals surface area contributed by atoms with E-state index < -0.39 is 0 Å². The zero-order chi connectivity index (χ0) is 21.5. The second-order valence-corrected chi connectivity index (χ2v) is 7.52. The normalized spacial score (nSPS) is 14.2. The van der Waals surface area contributed by atoms with Crippen LogP contribution in [0, 0.1) is 5.82 Å². The summed E-state index contributed by atoms with van der Waals surface area (Å²) in [5.41, 5.74) is 4.25. The van der Waals surface area contributed by atoms with Gasteiger partial charge in [-0.05, 0) is 47.5 Å². The van der Waals surface area contributed by atoms with Gasteiger partial charge < -0.3 is 15.4 Å². The molecule has 0 aliphatic carbocycles. The molecule has 0 aromatic heterocycles. The number of nitrogens with one attached hydrogen (secondary N) is 2. The molecule has 1 amide bonds. The summed E-state index contributed by atoms with van der Waals surface area (Å²) >= 11 is 0. The number of nitrogens with zero attached hydrogens (tertiary/aromatic N) is 1. The Bertz CT molecular complexity index is 1020. The molecule has 1 aliphatic heterocycles. The summed E-state index contributed by atoms with van der Waals surface area (Å²) in [6, 6.07) is 21.6. The molecule has 0 spiro atoms. The molecule has 5 nitrogen and oxygen atoms in total. The van der Waals surface area contributed by atoms with Crippen molar-refractivity contribution in [1.29, 1.82) is 0 Å². The highest BCUT2D eigenvalue weighted by Crippen LogP contribution is 2.21. The number of hydrogen-bond acceptors (Lipinski definition) is 4. The maximum absolute atomic E-state index is 13.2. The van der Waals surface area contributed by atoms with Gasteiger partial charge in [-0.1, -0.05) is 36.4 Å². The van der Waals surface area contributed by atoms with Crippen LogP contribution in [0.25, 0.3) is 0 Å². The van der Waals surface area contributed by atoms with Gasteiger partial charge >= 0.3 is 0 Å². The third-order valence-electron chi connectivity index (χ3n) is 5.35. The van der Waals surface area contributed by atoms with Crippen molar-refractivity contribution in [3.05, 3.63) is 95.3 Å². The van der Waals surface area contributed by atoms with Gasteiger partial charge in [0.05, 0.1) is 24.5 Å². The van der Waals surface area contributed by atoms with Crippen molar-refractivity contribution >= 4 is 17.3 Å². The number of hydrogen-bond donors (Lipinski definition) is 2. The molecule has 1 saturated heterocycles. The number of halogens is 1. The average molecular weight is 420 g/mol. The lowest BCUT2D eigenvalue weighted by Crippen LogP contribution is -2.36. The lowest BCUT2D eigenvalue weighted by molar-refractivity contribution is 0.0340. The first-order chi connectivity index (χ1) is 15.2. The van der Waals surface area contributed by atoms with E-state index in [1.807, 2.05) is 30.3 Å². The molecule has 1 fully saturated rings. The number of amides is 1. The van der Waals surface area contributed by atoms with Crippen LogP contribution in [-0.4, -0.2) is 37.1 Å². The van der Waals surface area contributed by atoms with Crippen LogP contribution in [0.5, 0.6) is 0 Å². The molecule has 0 radical (unpaired) electrons. The largest absolute Gasteiger partial charge is 0.379 e. The zero-order valence-electron chi connectivity index (χ0n) is 17.3. The Morgan fingerprint density at radius 3 is 2.35 bits per heavy atom. The Labute approximate surface area is 181 Å². The first-order valence-electron chi connectivity index (χ1n) is 10.5. The molecular formula is C25H26FN3O2. The SMILES string of the molecule is O=C(NCc1ccccc1CN1CCOCC1)c1ccccc1Nc1ccc(F)cc1. The molecule has 0 unspecified atom stereocenters. The van der Waals surface area contributed by atoms with Gasteiger partial charge in [-0.25, -0.2) is 4.39 Å². The van der Waals surface area contributed by atoms with Crippen LogP contribution in [0.3, 0.4) is 0 Å². The molecule has 1 heterocycles. The molecule has 160 valence electrons. The van der Waals surface area contributed by atoms with E-state index in [2.05, 4.69) is 27.7 Å². The van der Waals surface area contributed by atoms with Crippen LogP contribution in [0.1, 0.15) is 21.5 Å².